The highest BCUT2D eigenvalue weighted by molar-refractivity contribution is 7.90. The monoisotopic (exact) mass is 595 g/mol. The van der Waals surface area contributed by atoms with Gasteiger partial charge in [0.15, 0.2) is 11.4 Å². The molecule has 0 fully saturated rings. The third-order valence-corrected chi connectivity index (χ3v) is 7.48. The van der Waals surface area contributed by atoms with E-state index in [0.717, 1.165) is 29.0 Å². The summed E-state index contributed by atoms with van der Waals surface area (Å²) in [6, 6.07) is 12.1. The van der Waals surface area contributed by atoms with E-state index in [1.807, 2.05) is 50.6 Å². The lowest BCUT2D eigenvalue weighted by atomic mass is 10.1. The van der Waals surface area contributed by atoms with Gasteiger partial charge in [0.25, 0.3) is 27.7 Å². The first-order chi connectivity index (χ1) is 19.9. The molecule has 42 heavy (non-hydrogen) atoms. The van der Waals surface area contributed by atoms with Crippen molar-refractivity contribution >= 4 is 33.7 Å². The maximum Gasteiger partial charge on any atom is 0.280 e. The van der Waals surface area contributed by atoms with Gasteiger partial charge in [0.2, 0.25) is 5.91 Å². The van der Waals surface area contributed by atoms with Crippen LogP contribution >= 0.6 is 0 Å². The van der Waals surface area contributed by atoms with E-state index < -0.39 is 34.3 Å². The molecule has 2 aromatic carbocycles. The summed E-state index contributed by atoms with van der Waals surface area (Å²) in [6.07, 6.45) is 0.988. The van der Waals surface area contributed by atoms with E-state index in [1.165, 1.54) is 24.3 Å². The number of pyridine rings is 1. The summed E-state index contributed by atoms with van der Waals surface area (Å²) >= 11 is 0. The molecule has 0 unspecified atom stereocenters. The maximum atomic E-state index is 13.0. The van der Waals surface area contributed by atoms with Crippen LogP contribution in [0.15, 0.2) is 59.6 Å². The van der Waals surface area contributed by atoms with E-state index in [9.17, 15) is 27.6 Å². The first-order valence-corrected chi connectivity index (χ1v) is 14.6. The van der Waals surface area contributed by atoms with Gasteiger partial charge in [-0.25, -0.2) is 18.1 Å². The average Bonchev–Trinajstić information content (AvgIpc) is 2.95. The van der Waals surface area contributed by atoms with Crippen LogP contribution in [0.1, 0.15) is 61.7 Å². The van der Waals surface area contributed by atoms with E-state index in [2.05, 4.69) is 10.3 Å². The molecular weight excluding hydrogens is 562 g/mol. The zero-order valence-corrected chi connectivity index (χ0v) is 24.6. The van der Waals surface area contributed by atoms with E-state index in [4.69, 9.17) is 10.5 Å². The van der Waals surface area contributed by atoms with E-state index >= 15 is 0 Å². The molecule has 0 aliphatic rings. The van der Waals surface area contributed by atoms with Crippen LogP contribution in [0.3, 0.4) is 0 Å². The van der Waals surface area contributed by atoms with Crippen LogP contribution in [0.2, 0.25) is 0 Å². The number of benzene rings is 2. The number of carbonyl (C=O) groups excluding carboxylic acids is 4. The summed E-state index contributed by atoms with van der Waals surface area (Å²) in [6.45, 7) is 8.06. The molecule has 3 rings (SSSR count). The van der Waals surface area contributed by atoms with Crippen molar-refractivity contribution in [3.63, 3.8) is 0 Å². The SMILES string of the molecule is CCN(CC)C(=O)c1ccc(S(=O)(=O)NC(=O)c2cnc(C(=O)NC(=O)CN)c(OCc3cc(C)cc(C)c3)c2)cc1. The number of sulfonamides is 1. The van der Waals surface area contributed by atoms with Crippen molar-refractivity contribution in [3.8, 4) is 5.75 Å². The van der Waals surface area contributed by atoms with Gasteiger partial charge in [0, 0.05) is 24.8 Å². The van der Waals surface area contributed by atoms with Gasteiger partial charge in [0.05, 0.1) is 17.0 Å². The van der Waals surface area contributed by atoms with Crippen LogP contribution in [0.5, 0.6) is 5.75 Å². The molecule has 4 N–H and O–H groups in total. The lowest BCUT2D eigenvalue weighted by molar-refractivity contribution is -0.118. The van der Waals surface area contributed by atoms with Crippen molar-refractivity contribution < 1.29 is 32.3 Å². The smallest absolute Gasteiger partial charge is 0.280 e. The van der Waals surface area contributed by atoms with Gasteiger partial charge >= 0.3 is 0 Å². The summed E-state index contributed by atoms with van der Waals surface area (Å²) in [4.78, 5) is 55.2. The summed E-state index contributed by atoms with van der Waals surface area (Å²) in [5.74, 6) is -3.09. The summed E-state index contributed by atoms with van der Waals surface area (Å²) in [5, 5.41) is 2.07. The number of nitrogens with one attached hydrogen (secondary N) is 2. The number of hydrogen-bond donors (Lipinski definition) is 3. The van der Waals surface area contributed by atoms with Crippen LogP contribution in [-0.4, -0.2) is 61.6 Å². The second-order valence-corrected chi connectivity index (χ2v) is 11.1. The number of hydrogen-bond acceptors (Lipinski definition) is 9. The molecule has 0 bridgehead atoms. The number of ether oxygens (including phenoxy) is 1. The highest BCUT2D eigenvalue weighted by Gasteiger charge is 2.23. The second kappa shape index (κ2) is 13.8. The van der Waals surface area contributed by atoms with Crippen molar-refractivity contribution in [2.24, 2.45) is 5.73 Å². The fraction of sp³-hybridized carbons (Fsp3) is 0.276. The average molecular weight is 596 g/mol. The lowest BCUT2D eigenvalue weighted by Gasteiger charge is -2.18. The van der Waals surface area contributed by atoms with E-state index in [1.54, 1.807) is 4.90 Å². The third-order valence-electron chi connectivity index (χ3n) is 6.13. The largest absolute Gasteiger partial charge is 0.486 e. The Morgan fingerprint density at radius 1 is 0.905 bits per heavy atom. The highest BCUT2D eigenvalue weighted by atomic mass is 32.2. The van der Waals surface area contributed by atoms with Crippen molar-refractivity contribution in [1.29, 1.82) is 0 Å². The molecule has 0 spiro atoms. The van der Waals surface area contributed by atoms with Gasteiger partial charge in [-0.15, -0.1) is 0 Å². The molecule has 222 valence electrons. The number of carbonyl (C=O) groups is 4. The van der Waals surface area contributed by atoms with E-state index in [0.29, 0.717) is 18.7 Å². The van der Waals surface area contributed by atoms with Gasteiger partial charge in [-0.2, -0.15) is 0 Å². The van der Waals surface area contributed by atoms with Crippen molar-refractivity contribution in [3.05, 3.63) is 88.2 Å². The lowest BCUT2D eigenvalue weighted by Crippen LogP contribution is -2.36. The normalized spacial score (nSPS) is 11.0. The Hall–Kier alpha value is -4.62. The van der Waals surface area contributed by atoms with Crippen LogP contribution in [-0.2, 0) is 21.4 Å². The Kier molecular flexibility index (Phi) is 10.5. The van der Waals surface area contributed by atoms with Crippen molar-refractivity contribution in [2.75, 3.05) is 19.6 Å². The standard InChI is InChI=1S/C29H33N5O7S/c1-5-34(6-2)29(38)21-7-9-23(10-8-21)42(39,40)33-27(36)22-14-24(26(31-16-22)28(37)32-25(35)15-30)41-17-20-12-18(3)11-19(4)13-20/h7-14,16H,5-6,15,17,30H2,1-4H3,(H,33,36)(H,32,35,37). The quantitative estimate of drug-likeness (QED) is 0.299. The molecule has 3 aromatic rings. The molecule has 0 radical (unpaired) electrons. The molecule has 13 heteroatoms. The third kappa shape index (κ3) is 7.98. The highest BCUT2D eigenvalue weighted by Crippen LogP contribution is 2.21. The van der Waals surface area contributed by atoms with Crippen LogP contribution in [0, 0.1) is 13.8 Å². The summed E-state index contributed by atoms with van der Waals surface area (Å²) in [7, 11) is -4.34. The fourth-order valence-electron chi connectivity index (χ4n) is 4.11. The summed E-state index contributed by atoms with van der Waals surface area (Å²) < 4.78 is 33.7. The zero-order chi connectivity index (χ0) is 31.0. The molecule has 1 aromatic heterocycles. The molecule has 1 heterocycles. The van der Waals surface area contributed by atoms with Crippen molar-refractivity contribution in [1.82, 2.24) is 19.9 Å². The number of aromatic nitrogens is 1. The molecule has 0 aliphatic carbocycles. The maximum absolute atomic E-state index is 13.0. The number of nitrogens with zero attached hydrogens (tertiary/aromatic N) is 2. The predicted molar refractivity (Wildman–Crippen MR) is 154 cm³/mol. The predicted octanol–water partition coefficient (Wildman–Crippen LogP) is 2.09. The number of amides is 4. The minimum atomic E-state index is -4.34. The zero-order valence-electron chi connectivity index (χ0n) is 23.8. The van der Waals surface area contributed by atoms with Crippen molar-refractivity contribution in [2.45, 2.75) is 39.2 Å². The number of nitrogens with two attached hydrogens (primary N) is 1. The minimum absolute atomic E-state index is 0.00273. The first-order valence-electron chi connectivity index (χ1n) is 13.1. The molecule has 0 aliphatic heterocycles. The molecule has 12 nitrogen and oxygen atoms in total. The Bertz CT molecular complexity index is 1580. The van der Waals surface area contributed by atoms with E-state index in [-0.39, 0.29) is 34.4 Å². The van der Waals surface area contributed by atoms with Gasteiger partial charge < -0.3 is 15.4 Å². The number of aryl methyl sites for hydroxylation is 2. The van der Waals surface area contributed by atoms with Gasteiger partial charge in [-0.3, -0.25) is 24.5 Å². The summed E-state index contributed by atoms with van der Waals surface area (Å²) in [5.41, 5.74) is 7.82. The molecule has 0 saturated heterocycles. The minimum Gasteiger partial charge on any atom is -0.486 e. The Morgan fingerprint density at radius 3 is 2.10 bits per heavy atom. The van der Waals surface area contributed by atoms with Gasteiger partial charge in [-0.1, -0.05) is 29.3 Å². The second-order valence-electron chi connectivity index (χ2n) is 9.37. The Balaban J connectivity index is 1.86. The Morgan fingerprint density at radius 2 is 1.52 bits per heavy atom. The van der Waals surface area contributed by atoms with Gasteiger partial charge in [0.1, 0.15) is 6.61 Å². The molecular formula is C29H33N5O7S. The van der Waals surface area contributed by atoms with Gasteiger partial charge in [-0.05, 0) is 63.6 Å². The molecule has 4 amide bonds. The molecule has 0 atom stereocenters. The van der Waals surface area contributed by atoms with Crippen LogP contribution < -0.4 is 20.5 Å². The number of imide groups is 1. The topological polar surface area (TPSA) is 178 Å². The Labute approximate surface area is 244 Å². The first kappa shape index (κ1) is 31.9. The molecule has 0 saturated carbocycles. The fourth-order valence-corrected chi connectivity index (χ4v) is 5.08. The van der Waals surface area contributed by atoms with Crippen LogP contribution in [0.4, 0.5) is 0 Å². The number of rotatable bonds is 11. The van der Waals surface area contributed by atoms with Crippen LogP contribution in [0.25, 0.3) is 0 Å².